The van der Waals surface area contributed by atoms with Crippen LogP contribution in [0.3, 0.4) is 0 Å². The van der Waals surface area contributed by atoms with Gasteiger partial charge in [-0.2, -0.15) is 0 Å². The zero-order valence-corrected chi connectivity index (χ0v) is 19.2. The van der Waals surface area contributed by atoms with Gasteiger partial charge in [0.05, 0.1) is 22.1 Å². The van der Waals surface area contributed by atoms with Crippen LogP contribution in [0.25, 0.3) is 0 Å². The molecule has 2 heterocycles. The first-order valence-corrected chi connectivity index (χ1v) is 12.1. The quantitative estimate of drug-likeness (QED) is 0.320. The smallest absolute Gasteiger partial charge is 0.298 e. The van der Waals surface area contributed by atoms with Crippen LogP contribution in [0.5, 0.6) is 0 Å². The van der Waals surface area contributed by atoms with E-state index in [9.17, 15) is 18.5 Å². The number of anilines is 2. The minimum absolute atomic E-state index is 0.0361. The number of nitro groups is 1. The minimum atomic E-state index is -4.19. The fraction of sp³-hybridized carbons (Fsp3) is 0.167. The molecule has 3 aromatic carbocycles. The van der Waals surface area contributed by atoms with E-state index in [0.717, 1.165) is 9.87 Å². The van der Waals surface area contributed by atoms with Gasteiger partial charge in [-0.3, -0.25) is 10.1 Å². The molecule has 0 spiro atoms. The number of para-hydroxylation sites is 1. The third-order valence-corrected chi connectivity index (χ3v) is 8.49. The molecule has 0 bridgehead atoms. The van der Waals surface area contributed by atoms with Gasteiger partial charge in [0.1, 0.15) is 0 Å². The Labute approximate surface area is 196 Å². The summed E-state index contributed by atoms with van der Waals surface area (Å²) < 4.78 is 29.0. The lowest BCUT2D eigenvalue weighted by molar-refractivity contribution is -0.583. The topological polar surface area (TPSA) is 92.6 Å². The number of sulfonamides is 1. The Bertz CT molecular complexity index is 1410. The fourth-order valence-electron chi connectivity index (χ4n) is 4.99. The number of aryl methyl sites for hydroxylation is 1. The molecular weight excluding hydrogens is 462 g/mol. The monoisotopic (exact) mass is 481 g/mol. The molecule has 0 fully saturated rings. The van der Waals surface area contributed by atoms with Crippen LogP contribution in [0.1, 0.15) is 22.6 Å². The summed E-state index contributed by atoms with van der Waals surface area (Å²) in [5, 5.41) is 16.3. The van der Waals surface area contributed by atoms with Gasteiger partial charge in [-0.1, -0.05) is 53.6 Å². The van der Waals surface area contributed by atoms with E-state index in [1.807, 2.05) is 6.92 Å². The summed E-state index contributed by atoms with van der Waals surface area (Å²) >= 11 is 6.26. The maximum atomic E-state index is 13.9. The van der Waals surface area contributed by atoms with E-state index in [1.165, 1.54) is 24.3 Å². The first-order valence-electron chi connectivity index (χ1n) is 10.3. The van der Waals surface area contributed by atoms with Gasteiger partial charge in [-0.05, 0) is 48.9 Å². The van der Waals surface area contributed by atoms with Crippen LogP contribution in [0.2, 0.25) is 5.02 Å². The summed E-state index contributed by atoms with van der Waals surface area (Å²) in [6.07, 6.45) is 0.292. The maximum Gasteiger partial charge on any atom is 0.298 e. The average Bonchev–Trinajstić information content (AvgIpc) is 3.08. The van der Waals surface area contributed by atoms with Crippen molar-refractivity contribution < 1.29 is 13.3 Å². The zero-order valence-electron chi connectivity index (χ0n) is 17.6. The van der Waals surface area contributed by atoms with E-state index in [1.54, 1.807) is 48.5 Å². The van der Waals surface area contributed by atoms with Crippen LogP contribution in [0, 0.1) is 17.0 Å². The van der Waals surface area contributed by atoms with Crippen molar-refractivity contribution in [2.24, 2.45) is 0 Å². The number of nitrogens with zero attached hydrogens (tertiary/aromatic N) is 2. The van der Waals surface area contributed by atoms with Crippen molar-refractivity contribution in [3.63, 3.8) is 0 Å². The molecule has 2 aliphatic rings. The second-order valence-corrected chi connectivity index (χ2v) is 10.5. The molecule has 3 atom stereocenters. The highest BCUT2D eigenvalue weighted by molar-refractivity contribution is 7.93. The molecular formula is C24H20ClN3O4S. The average molecular weight is 482 g/mol. The molecule has 3 aromatic rings. The molecule has 5 rings (SSSR count). The third kappa shape index (κ3) is 2.84. The van der Waals surface area contributed by atoms with Crippen LogP contribution in [0.4, 0.5) is 11.4 Å². The second-order valence-electron chi connectivity index (χ2n) is 8.21. The van der Waals surface area contributed by atoms with Crippen molar-refractivity contribution in [2.75, 3.05) is 9.62 Å². The Kier molecular flexibility index (Phi) is 4.77. The molecule has 9 heteroatoms. The van der Waals surface area contributed by atoms with Crippen LogP contribution in [-0.2, 0) is 15.6 Å². The number of hydrogen-bond donors (Lipinski definition) is 1. The zero-order chi connectivity index (χ0) is 23.5. The number of rotatable bonds is 4. The number of nitrogens with one attached hydrogen (secondary N) is 1. The third-order valence-electron chi connectivity index (χ3n) is 6.46. The number of benzene rings is 3. The van der Waals surface area contributed by atoms with Gasteiger partial charge in [0, 0.05) is 15.6 Å². The largest absolute Gasteiger partial charge is 0.358 e. The normalized spacial score (nSPS) is 23.2. The maximum absolute atomic E-state index is 13.9. The minimum Gasteiger partial charge on any atom is -0.358 e. The molecule has 0 saturated carbocycles. The summed E-state index contributed by atoms with van der Waals surface area (Å²) in [4.78, 5) is 12.5. The van der Waals surface area contributed by atoms with E-state index >= 15 is 0 Å². The van der Waals surface area contributed by atoms with Gasteiger partial charge in [0.2, 0.25) is 0 Å². The Morgan fingerprint density at radius 3 is 2.52 bits per heavy atom. The van der Waals surface area contributed by atoms with E-state index in [0.29, 0.717) is 11.3 Å². The van der Waals surface area contributed by atoms with Crippen molar-refractivity contribution in [1.29, 1.82) is 0 Å². The first kappa shape index (κ1) is 21.5. The number of hydrogen-bond acceptors (Lipinski definition) is 5. The summed E-state index contributed by atoms with van der Waals surface area (Å²) in [6.45, 7) is 5.74. The highest BCUT2D eigenvalue weighted by atomic mass is 35.5. The lowest BCUT2D eigenvalue weighted by Crippen LogP contribution is -2.60. The Morgan fingerprint density at radius 2 is 1.85 bits per heavy atom. The molecule has 0 radical (unpaired) electrons. The Balaban J connectivity index is 1.85. The molecule has 0 saturated heterocycles. The van der Waals surface area contributed by atoms with Crippen molar-refractivity contribution >= 4 is 33.0 Å². The molecule has 33 heavy (non-hydrogen) atoms. The first-order chi connectivity index (χ1) is 15.7. The summed E-state index contributed by atoms with van der Waals surface area (Å²) in [6, 6.07) is 18.1. The lowest BCUT2D eigenvalue weighted by atomic mass is 9.71. The number of fused-ring (bicyclic) bond motifs is 4. The summed E-state index contributed by atoms with van der Waals surface area (Å²) in [5.41, 5.74) is 0.800. The highest BCUT2D eigenvalue weighted by Crippen LogP contribution is 2.58. The number of halogens is 1. The van der Waals surface area contributed by atoms with Gasteiger partial charge < -0.3 is 5.32 Å². The van der Waals surface area contributed by atoms with Crippen LogP contribution in [0.15, 0.2) is 84.3 Å². The molecule has 2 aliphatic heterocycles. The van der Waals surface area contributed by atoms with Gasteiger partial charge >= 0.3 is 0 Å². The standard InChI is InChI=1S/C24H20ClN3O4S/c1-3-19-18-6-4-5-7-21(18)26-23-24(19,28(29)30)20-13-10-16(25)14-22(20)27(23)33(31,32)17-11-8-15(2)9-12-17/h3-14,19,23,26H,1H2,2H3/t19?,23-,24-/m1/s1. The Hall–Kier alpha value is -3.36. The predicted octanol–water partition coefficient (Wildman–Crippen LogP) is 5.05. The highest BCUT2D eigenvalue weighted by Gasteiger charge is 2.69. The summed E-state index contributed by atoms with van der Waals surface area (Å²) in [5.74, 6) is -0.784. The van der Waals surface area contributed by atoms with Gasteiger partial charge in [0.15, 0.2) is 6.17 Å². The van der Waals surface area contributed by atoms with Crippen LogP contribution >= 0.6 is 11.6 Å². The fourth-order valence-corrected chi connectivity index (χ4v) is 6.77. The predicted molar refractivity (Wildman–Crippen MR) is 128 cm³/mol. The molecule has 168 valence electrons. The molecule has 1 N–H and O–H groups in total. The van der Waals surface area contributed by atoms with Gasteiger partial charge in [0.25, 0.3) is 15.6 Å². The van der Waals surface area contributed by atoms with Crippen LogP contribution < -0.4 is 9.62 Å². The van der Waals surface area contributed by atoms with Crippen molar-refractivity contribution in [3.8, 4) is 0 Å². The molecule has 0 aromatic heterocycles. The van der Waals surface area contributed by atoms with E-state index in [2.05, 4.69) is 11.9 Å². The SMILES string of the molecule is C=CC1c2ccccc2N[C@@H]2N(S(=O)(=O)c3ccc(C)cc3)c3cc(Cl)ccc3[C@]12[N+](=O)[O-]. The van der Waals surface area contributed by atoms with E-state index < -0.39 is 32.6 Å². The van der Waals surface area contributed by atoms with Crippen LogP contribution in [-0.4, -0.2) is 19.5 Å². The second kappa shape index (κ2) is 7.33. The van der Waals surface area contributed by atoms with Crippen molar-refractivity contribution in [3.05, 3.63) is 111 Å². The van der Waals surface area contributed by atoms with Crippen molar-refractivity contribution in [2.45, 2.75) is 29.4 Å². The molecule has 7 nitrogen and oxygen atoms in total. The van der Waals surface area contributed by atoms with E-state index in [4.69, 9.17) is 11.6 Å². The molecule has 0 amide bonds. The molecule has 1 unspecified atom stereocenters. The Morgan fingerprint density at radius 1 is 1.15 bits per heavy atom. The van der Waals surface area contributed by atoms with Gasteiger partial charge in [-0.15, -0.1) is 6.58 Å². The molecule has 0 aliphatic carbocycles. The van der Waals surface area contributed by atoms with Crippen molar-refractivity contribution in [1.82, 2.24) is 0 Å². The summed E-state index contributed by atoms with van der Waals surface area (Å²) in [7, 11) is -4.19. The lowest BCUT2D eigenvalue weighted by Gasteiger charge is -2.41. The van der Waals surface area contributed by atoms with E-state index in [-0.39, 0.29) is 21.2 Å². The van der Waals surface area contributed by atoms with Gasteiger partial charge in [-0.25, -0.2) is 12.7 Å².